The quantitative estimate of drug-likeness (QED) is 0.532. The number of benzene rings is 1. The summed E-state index contributed by atoms with van der Waals surface area (Å²) in [7, 11) is 0. The zero-order chi connectivity index (χ0) is 16.9. The van der Waals surface area contributed by atoms with Crippen molar-refractivity contribution in [1.29, 1.82) is 5.26 Å². The zero-order valence-electron chi connectivity index (χ0n) is 12.8. The summed E-state index contributed by atoms with van der Waals surface area (Å²) in [6.07, 6.45) is 3.49. The minimum atomic E-state index is -0.184. The summed E-state index contributed by atoms with van der Waals surface area (Å²) < 4.78 is 0.815. The van der Waals surface area contributed by atoms with Gasteiger partial charge in [-0.15, -0.1) is 23.1 Å². The molecule has 0 radical (unpaired) electrons. The second-order valence-electron chi connectivity index (χ2n) is 4.82. The first-order valence-electron chi connectivity index (χ1n) is 7.13. The molecule has 0 fully saturated rings. The number of hydrogen-bond acceptors (Lipinski definition) is 6. The van der Waals surface area contributed by atoms with Crippen molar-refractivity contribution in [1.82, 2.24) is 4.98 Å². The Morgan fingerprint density at radius 1 is 1.21 bits per heavy atom. The molecule has 4 nitrogen and oxygen atoms in total. The van der Waals surface area contributed by atoms with Gasteiger partial charge in [0.2, 0.25) is 5.78 Å². The maximum Gasteiger partial charge on any atom is 0.223 e. The maximum absolute atomic E-state index is 12.8. The van der Waals surface area contributed by atoms with E-state index in [4.69, 9.17) is 0 Å². The van der Waals surface area contributed by atoms with Crippen molar-refractivity contribution in [2.75, 3.05) is 11.6 Å². The van der Waals surface area contributed by atoms with Gasteiger partial charge >= 0.3 is 0 Å². The molecule has 0 aliphatic heterocycles. The number of pyridine rings is 1. The molecule has 3 rings (SSSR count). The molecular formula is C18H13N3OS2. The van der Waals surface area contributed by atoms with Crippen LogP contribution >= 0.6 is 23.1 Å². The van der Waals surface area contributed by atoms with Crippen molar-refractivity contribution in [3.8, 4) is 6.07 Å². The smallest absolute Gasteiger partial charge is 0.223 e. The maximum atomic E-state index is 12.8. The number of nitrogens with one attached hydrogen (secondary N) is 1. The van der Waals surface area contributed by atoms with Crippen molar-refractivity contribution >= 4 is 40.3 Å². The van der Waals surface area contributed by atoms with Crippen LogP contribution in [0.5, 0.6) is 0 Å². The highest BCUT2D eigenvalue weighted by atomic mass is 32.2. The van der Waals surface area contributed by atoms with Crippen LogP contribution in [0.1, 0.15) is 20.9 Å². The summed E-state index contributed by atoms with van der Waals surface area (Å²) in [5.41, 5.74) is 2.24. The second kappa shape index (κ2) is 7.30. The minimum Gasteiger partial charge on any atom is -0.353 e. The van der Waals surface area contributed by atoms with E-state index in [0.29, 0.717) is 21.8 Å². The highest BCUT2D eigenvalue weighted by molar-refractivity contribution is 8.00. The number of thioether (sulfide) groups is 1. The molecule has 0 aliphatic carbocycles. The van der Waals surface area contributed by atoms with E-state index in [1.807, 2.05) is 36.6 Å². The highest BCUT2D eigenvalue weighted by Gasteiger charge is 2.24. The van der Waals surface area contributed by atoms with Gasteiger partial charge in [-0.25, -0.2) is 0 Å². The van der Waals surface area contributed by atoms with Gasteiger partial charge in [-0.05, 0) is 30.5 Å². The van der Waals surface area contributed by atoms with Crippen molar-refractivity contribution in [3.05, 3.63) is 70.9 Å². The lowest BCUT2D eigenvalue weighted by atomic mass is 10.1. The largest absolute Gasteiger partial charge is 0.353 e. The van der Waals surface area contributed by atoms with Gasteiger partial charge in [0.15, 0.2) is 0 Å². The number of nitrogens with zero attached hydrogens (tertiary/aromatic N) is 2. The second-order valence-corrected chi connectivity index (χ2v) is 6.92. The molecule has 0 amide bonds. The van der Waals surface area contributed by atoms with Crippen LogP contribution in [0.4, 0.5) is 11.4 Å². The summed E-state index contributed by atoms with van der Waals surface area (Å²) in [4.78, 5) is 17.5. The number of ketones is 1. The third-order valence-corrected chi connectivity index (χ3v) is 5.63. The molecule has 0 saturated carbocycles. The Morgan fingerprint density at radius 3 is 2.58 bits per heavy atom. The Hall–Kier alpha value is -2.62. The van der Waals surface area contributed by atoms with Crippen LogP contribution in [0.25, 0.3) is 0 Å². The van der Waals surface area contributed by atoms with Crippen LogP contribution in [0, 0.1) is 11.3 Å². The fourth-order valence-electron chi connectivity index (χ4n) is 2.21. The van der Waals surface area contributed by atoms with E-state index in [1.54, 1.807) is 24.4 Å². The van der Waals surface area contributed by atoms with E-state index in [0.717, 1.165) is 9.90 Å². The van der Waals surface area contributed by atoms with Crippen LogP contribution in [-0.2, 0) is 0 Å². The predicted molar refractivity (Wildman–Crippen MR) is 98.2 cm³/mol. The number of nitriles is 1. The van der Waals surface area contributed by atoms with Crippen LogP contribution in [0.3, 0.4) is 0 Å². The summed E-state index contributed by atoms with van der Waals surface area (Å²) in [6.45, 7) is 0. The van der Waals surface area contributed by atoms with E-state index < -0.39 is 0 Å². The monoisotopic (exact) mass is 351 g/mol. The minimum absolute atomic E-state index is 0.184. The molecule has 1 N–H and O–H groups in total. The van der Waals surface area contributed by atoms with Gasteiger partial charge < -0.3 is 5.32 Å². The summed E-state index contributed by atoms with van der Waals surface area (Å²) >= 11 is 2.78. The molecule has 0 aliphatic rings. The zero-order valence-corrected chi connectivity index (χ0v) is 14.4. The van der Waals surface area contributed by atoms with E-state index in [2.05, 4.69) is 16.4 Å². The van der Waals surface area contributed by atoms with Gasteiger partial charge in [0.05, 0.1) is 9.90 Å². The fraction of sp³-hybridized carbons (Fsp3) is 0.0556. The predicted octanol–water partition coefficient (Wildman–Crippen LogP) is 4.71. The normalized spacial score (nSPS) is 10.2. The lowest BCUT2D eigenvalue weighted by molar-refractivity contribution is 0.103. The van der Waals surface area contributed by atoms with Crippen molar-refractivity contribution in [2.45, 2.75) is 4.21 Å². The molecule has 1 aromatic carbocycles. The third kappa shape index (κ3) is 3.18. The number of thiophene rings is 1. The highest BCUT2D eigenvalue weighted by Crippen LogP contribution is 2.40. The van der Waals surface area contributed by atoms with Crippen LogP contribution in [0.2, 0.25) is 0 Å². The fourth-order valence-corrected chi connectivity index (χ4v) is 4.04. The van der Waals surface area contributed by atoms with Gasteiger partial charge in [-0.1, -0.05) is 24.3 Å². The number of rotatable bonds is 5. The Kier molecular flexibility index (Phi) is 4.94. The first-order chi connectivity index (χ1) is 11.7. The van der Waals surface area contributed by atoms with Gasteiger partial charge in [0.25, 0.3) is 0 Å². The lowest BCUT2D eigenvalue weighted by Gasteiger charge is -2.07. The number of carbonyl (C=O) groups is 1. The average molecular weight is 351 g/mol. The van der Waals surface area contributed by atoms with Gasteiger partial charge in [0, 0.05) is 11.9 Å². The molecule has 0 spiro atoms. The van der Waals surface area contributed by atoms with E-state index in [1.165, 1.54) is 23.1 Å². The number of para-hydroxylation sites is 1. The molecular weight excluding hydrogens is 338 g/mol. The van der Waals surface area contributed by atoms with E-state index >= 15 is 0 Å². The molecule has 118 valence electrons. The first kappa shape index (κ1) is 16.2. The van der Waals surface area contributed by atoms with Gasteiger partial charge in [-0.2, -0.15) is 5.26 Å². The van der Waals surface area contributed by atoms with E-state index in [-0.39, 0.29) is 5.78 Å². The number of anilines is 2. The number of carbonyl (C=O) groups excluding carboxylic acids is 1. The van der Waals surface area contributed by atoms with Gasteiger partial charge in [0.1, 0.15) is 22.2 Å². The average Bonchev–Trinajstić information content (AvgIpc) is 3.00. The summed E-state index contributed by atoms with van der Waals surface area (Å²) in [5.74, 6) is -0.184. The molecule has 0 atom stereocenters. The molecule has 0 saturated heterocycles. The lowest BCUT2D eigenvalue weighted by Crippen LogP contribution is -2.05. The Morgan fingerprint density at radius 2 is 1.96 bits per heavy atom. The Bertz CT molecular complexity index is 899. The molecule has 6 heteroatoms. The third-order valence-electron chi connectivity index (χ3n) is 3.32. The molecule has 2 aromatic heterocycles. The summed E-state index contributed by atoms with van der Waals surface area (Å²) in [6, 6.07) is 16.9. The van der Waals surface area contributed by atoms with Crippen molar-refractivity contribution in [2.24, 2.45) is 0 Å². The standard InChI is InChI=1S/C18H13N3OS2/c1-23-18-13(11-19)15(21-12-7-3-2-4-8-12)17(24-18)16(22)14-9-5-6-10-20-14/h2-10,21H,1H3. The number of hydrogen-bond donors (Lipinski definition) is 1. The topological polar surface area (TPSA) is 65.8 Å². The van der Waals surface area contributed by atoms with Crippen LogP contribution in [0.15, 0.2) is 58.9 Å². The molecule has 0 unspecified atom stereocenters. The van der Waals surface area contributed by atoms with Crippen molar-refractivity contribution < 1.29 is 4.79 Å². The molecule has 2 heterocycles. The van der Waals surface area contributed by atoms with Crippen molar-refractivity contribution in [3.63, 3.8) is 0 Å². The Balaban J connectivity index is 2.10. The number of aromatic nitrogens is 1. The molecule has 3 aromatic rings. The van der Waals surface area contributed by atoms with Gasteiger partial charge in [-0.3, -0.25) is 9.78 Å². The van der Waals surface area contributed by atoms with E-state index in [9.17, 15) is 10.1 Å². The Labute approximate surface area is 148 Å². The summed E-state index contributed by atoms with van der Waals surface area (Å²) in [5, 5.41) is 12.8. The van der Waals surface area contributed by atoms with Crippen LogP contribution < -0.4 is 5.32 Å². The first-order valence-corrected chi connectivity index (χ1v) is 9.17. The SMILES string of the molecule is CSc1sc(C(=O)c2ccccn2)c(Nc2ccccc2)c1C#N. The molecule has 0 bridgehead atoms. The van der Waals surface area contributed by atoms with Crippen LogP contribution in [-0.4, -0.2) is 17.0 Å². The molecule has 24 heavy (non-hydrogen) atoms.